The number of piperidine rings is 1. The third-order valence-electron chi connectivity index (χ3n) is 7.99. The summed E-state index contributed by atoms with van der Waals surface area (Å²) >= 11 is 0. The van der Waals surface area contributed by atoms with Crippen molar-refractivity contribution in [1.29, 1.82) is 5.26 Å². The van der Waals surface area contributed by atoms with Gasteiger partial charge in [-0.15, -0.1) is 0 Å². The first-order valence-corrected chi connectivity index (χ1v) is 10.2. The molecule has 0 radical (unpaired) electrons. The minimum absolute atomic E-state index is 0.000748. The number of nitrogens with zero attached hydrogens (tertiary/aromatic N) is 2. The Kier molecular flexibility index (Phi) is 3.70. The van der Waals surface area contributed by atoms with E-state index in [1.807, 2.05) is 4.90 Å². The molecule has 0 aromatic rings. The van der Waals surface area contributed by atoms with E-state index in [-0.39, 0.29) is 35.6 Å². The van der Waals surface area contributed by atoms with Crippen LogP contribution in [0.3, 0.4) is 0 Å². The highest BCUT2D eigenvalue weighted by Crippen LogP contribution is 2.64. The first-order valence-electron chi connectivity index (χ1n) is 10.2. The normalized spacial score (nSPS) is 49.0. The second-order valence-electron chi connectivity index (χ2n) is 9.75. The Hall–Kier alpha value is -1.16. The number of aliphatic hydroxyl groups is 1. The highest BCUT2D eigenvalue weighted by molar-refractivity contribution is 5.84. The number of rotatable bonds is 5. The van der Waals surface area contributed by atoms with Gasteiger partial charge in [0.15, 0.2) is 0 Å². The zero-order chi connectivity index (χ0) is 18.1. The van der Waals surface area contributed by atoms with E-state index < -0.39 is 6.04 Å². The number of carbonyl (C=O) groups is 1. The summed E-state index contributed by atoms with van der Waals surface area (Å²) in [6.45, 7) is 0.404. The molecule has 1 saturated heterocycles. The van der Waals surface area contributed by atoms with Gasteiger partial charge < -0.3 is 20.5 Å². The van der Waals surface area contributed by atoms with E-state index >= 15 is 0 Å². The van der Waals surface area contributed by atoms with E-state index in [2.05, 4.69) is 6.07 Å². The molecule has 6 fully saturated rings. The maximum atomic E-state index is 13.4. The maximum Gasteiger partial charge on any atom is 0.241 e. The summed E-state index contributed by atoms with van der Waals surface area (Å²) in [7, 11) is 0. The standard InChI is InChI=1S/C20H29N3O3/c21-10-15-4-14-5-16(14)23(15)18(25)17(22)19-6-12-3-13(7-19)9-20(8-12,11-19)26-2-1-24/h12-17,24H,1-9,11,22H2/t12-,13?,14+,15-,16-,17+,19+,20-/m0/s1. The Bertz CT molecular complexity index is 645. The summed E-state index contributed by atoms with van der Waals surface area (Å²) in [5, 5.41) is 18.7. The van der Waals surface area contributed by atoms with Crippen LogP contribution in [0.5, 0.6) is 0 Å². The zero-order valence-electron chi connectivity index (χ0n) is 15.3. The highest BCUT2D eigenvalue weighted by atomic mass is 16.5. The van der Waals surface area contributed by atoms with Crippen LogP contribution in [0.1, 0.15) is 51.4 Å². The number of carbonyl (C=O) groups excluding carboxylic acids is 1. The number of nitrogens with two attached hydrogens (primary N) is 1. The van der Waals surface area contributed by atoms with Gasteiger partial charge in [0.2, 0.25) is 5.91 Å². The molecule has 6 heteroatoms. The summed E-state index contributed by atoms with van der Waals surface area (Å²) in [4.78, 5) is 15.2. The van der Waals surface area contributed by atoms with Gasteiger partial charge >= 0.3 is 0 Å². The van der Waals surface area contributed by atoms with E-state index in [4.69, 9.17) is 10.5 Å². The quantitative estimate of drug-likeness (QED) is 0.768. The minimum atomic E-state index is -0.527. The smallest absolute Gasteiger partial charge is 0.241 e. The third kappa shape index (κ3) is 2.37. The molecule has 6 nitrogen and oxygen atoms in total. The van der Waals surface area contributed by atoms with Gasteiger partial charge in [0.25, 0.3) is 0 Å². The predicted octanol–water partition coefficient (Wildman–Crippen LogP) is 1.17. The molecular formula is C20H29N3O3. The molecule has 5 saturated carbocycles. The van der Waals surface area contributed by atoms with Crippen molar-refractivity contribution in [2.45, 2.75) is 75.1 Å². The van der Waals surface area contributed by atoms with E-state index in [9.17, 15) is 15.2 Å². The summed E-state index contributed by atoms with van der Waals surface area (Å²) in [5.74, 6) is 1.67. The number of hydrogen-bond acceptors (Lipinski definition) is 5. The van der Waals surface area contributed by atoms with E-state index in [1.165, 1.54) is 6.42 Å². The topological polar surface area (TPSA) is 99.6 Å². The van der Waals surface area contributed by atoms with Crippen LogP contribution in [0.4, 0.5) is 0 Å². The Balaban J connectivity index is 1.40. The van der Waals surface area contributed by atoms with Gasteiger partial charge in [-0.1, -0.05) is 0 Å². The number of aliphatic hydroxyl groups excluding tert-OH is 1. The van der Waals surface area contributed by atoms with Crippen LogP contribution in [0, 0.1) is 34.5 Å². The molecule has 142 valence electrons. The number of fused-ring (bicyclic) bond motifs is 1. The second-order valence-corrected chi connectivity index (χ2v) is 9.75. The van der Waals surface area contributed by atoms with Crippen LogP contribution >= 0.6 is 0 Å². The molecule has 6 aliphatic rings. The molecule has 1 unspecified atom stereocenters. The van der Waals surface area contributed by atoms with Crippen LogP contribution in [0.25, 0.3) is 0 Å². The van der Waals surface area contributed by atoms with Crippen molar-refractivity contribution in [2.24, 2.45) is 28.9 Å². The fourth-order valence-corrected chi connectivity index (χ4v) is 7.35. The van der Waals surface area contributed by atoms with Crippen molar-refractivity contribution in [3.8, 4) is 6.07 Å². The molecule has 8 atom stereocenters. The van der Waals surface area contributed by atoms with Crippen molar-refractivity contribution >= 4 is 5.91 Å². The molecule has 0 aromatic carbocycles. The van der Waals surface area contributed by atoms with Crippen LogP contribution in [-0.4, -0.2) is 52.9 Å². The van der Waals surface area contributed by atoms with Gasteiger partial charge in [-0.3, -0.25) is 4.79 Å². The van der Waals surface area contributed by atoms with E-state index in [1.54, 1.807) is 0 Å². The predicted molar refractivity (Wildman–Crippen MR) is 93.6 cm³/mol. The molecule has 0 spiro atoms. The third-order valence-corrected chi connectivity index (χ3v) is 7.99. The number of hydrogen-bond donors (Lipinski definition) is 2. The lowest BCUT2D eigenvalue weighted by Crippen LogP contribution is -2.65. The van der Waals surface area contributed by atoms with Crippen molar-refractivity contribution in [2.75, 3.05) is 13.2 Å². The molecule has 0 aromatic heterocycles. The molecule has 1 amide bonds. The van der Waals surface area contributed by atoms with Gasteiger partial charge in [0.1, 0.15) is 6.04 Å². The molecule has 1 heterocycles. The molecule has 6 rings (SSSR count). The number of ether oxygens (including phenoxy) is 1. The SMILES string of the molecule is N#C[C@@H]1C[C@@H]2C[C@@H]2N1C(=O)[C@@H](N)[C@]12CC3C[C@H](C[C@](OCCO)(C3)C1)C2. The lowest BCUT2D eigenvalue weighted by molar-refractivity contribution is -0.203. The summed E-state index contributed by atoms with van der Waals surface area (Å²) in [6.07, 6.45) is 8.03. The molecule has 5 aliphatic carbocycles. The average molecular weight is 359 g/mol. The monoisotopic (exact) mass is 359 g/mol. The first kappa shape index (κ1) is 17.0. The second kappa shape index (κ2) is 5.67. The fourth-order valence-electron chi connectivity index (χ4n) is 7.35. The Morgan fingerprint density at radius 2 is 2.00 bits per heavy atom. The van der Waals surface area contributed by atoms with Crippen LogP contribution < -0.4 is 5.73 Å². The van der Waals surface area contributed by atoms with Gasteiger partial charge in [-0.2, -0.15) is 5.26 Å². The largest absolute Gasteiger partial charge is 0.394 e. The minimum Gasteiger partial charge on any atom is -0.394 e. The van der Waals surface area contributed by atoms with Crippen LogP contribution in [0.15, 0.2) is 0 Å². The molecule has 1 aliphatic heterocycles. The molecule has 3 N–H and O–H groups in total. The lowest BCUT2D eigenvalue weighted by Gasteiger charge is -2.63. The van der Waals surface area contributed by atoms with Crippen molar-refractivity contribution in [3.05, 3.63) is 0 Å². The molecule has 26 heavy (non-hydrogen) atoms. The number of amides is 1. The van der Waals surface area contributed by atoms with Gasteiger partial charge in [0, 0.05) is 6.04 Å². The van der Waals surface area contributed by atoms with E-state index in [0.717, 1.165) is 44.9 Å². The molecule has 4 bridgehead atoms. The average Bonchev–Trinajstić information content (AvgIpc) is 3.27. The van der Waals surface area contributed by atoms with Crippen molar-refractivity contribution in [3.63, 3.8) is 0 Å². The maximum absolute atomic E-state index is 13.4. The first-order chi connectivity index (χ1) is 12.5. The lowest BCUT2D eigenvalue weighted by atomic mass is 9.46. The van der Waals surface area contributed by atoms with Gasteiger partial charge in [-0.25, -0.2) is 0 Å². The van der Waals surface area contributed by atoms with Crippen LogP contribution in [0.2, 0.25) is 0 Å². The van der Waals surface area contributed by atoms with E-state index in [0.29, 0.717) is 24.4 Å². The number of likely N-dealkylation sites (tertiary alicyclic amines) is 1. The summed E-state index contributed by atoms with van der Waals surface area (Å²) < 4.78 is 6.16. The van der Waals surface area contributed by atoms with Gasteiger partial charge in [-0.05, 0) is 74.5 Å². The fraction of sp³-hybridized carbons (Fsp3) is 0.900. The Morgan fingerprint density at radius 3 is 2.65 bits per heavy atom. The highest BCUT2D eigenvalue weighted by Gasteiger charge is 2.63. The van der Waals surface area contributed by atoms with Crippen molar-refractivity contribution in [1.82, 2.24) is 4.90 Å². The van der Waals surface area contributed by atoms with Crippen molar-refractivity contribution < 1.29 is 14.6 Å². The number of nitriles is 1. The van der Waals surface area contributed by atoms with Gasteiger partial charge in [0.05, 0.1) is 30.9 Å². The molecular weight excluding hydrogens is 330 g/mol. The zero-order valence-corrected chi connectivity index (χ0v) is 15.3. The summed E-state index contributed by atoms with van der Waals surface area (Å²) in [6, 6.07) is 1.76. The Labute approximate surface area is 154 Å². The summed E-state index contributed by atoms with van der Waals surface area (Å²) in [5.41, 5.74) is 6.28. The van der Waals surface area contributed by atoms with Crippen LogP contribution in [-0.2, 0) is 9.53 Å². The Morgan fingerprint density at radius 1 is 1.27 bits per heavy atom.